The largest absolute Gasteiger partial charge is 0.423 e. The summed E-state index contributed by atoms with van der Waals surface area (Å²) in [5.74, 6) is 1.22. The highest BCUT2D eigenvalue weighted by molar-refractivity contribution is 5.91. The van der Waals surface area contributed by atoms with Gasteiger partial charge in [-0.25, -0.2) is 19.2 Å². The second-order valence-corrected chi connectivity index (χ2v) is 13.9. The maximum absolute atomic E-state index is 15.2. The highest BCUT2D eigenvalue weighted by Crippen LogP contribution is 2.39. The molecular weight excluding hydrogens is 583 g/mol. The average Bonchev–Trinajstić information content (AvgIpc) is 3.10. The molecule has 47 heavy (non-hydrogen) atoms. The summed E-state index contributed by atoms with van der Waals surface area (Å²) in [5.41, 5.74) is 2.99. The van der Waals surface area contributed by atoms with E-state index in [0.717, 1.165) is 41.9 Å². The van der Waals surface area contributed by atoms with E-state index < -0.39 is 5.97 Å². The third-order valence-electron chi connectivity index (χ3n) is 10.1. The number of ether oxygens (including phenoxy) is 1. The molecule has 5 heteroatoms. The van der Waals surface area contributed by atoms with E-state index in [-0.39, 0.29) is 17.3 Å². The van der Waals surface area contributed by atoms with Crippen LogP contribution in [0.15, 0.2) is 54.9 Å². The van der Waals surface area contributed by atoms with E-state index in [1.54, 1.807) is 24.3 Å². The van der Waals surface area contributed by atoms with Crippen molar-refractivity contribution in [3.63, 3.8) is 0 Å². The highest BCUT2D eigenvalue weighted by atomic mass is 19.1. The number of aryl methyl sites for hydroxylation is 1. The first kappa shape index (κ1) is 36.8. The molecular formula is C42H59FN2O2. The van der Waals surface area contributed by atoms with Crippen molar-refractivity contribution in [1.29, 1.82) is 0 Å². The van der Waals surface area contributed by atoms with Crippen LogP contribution in [0, 0.1) is 11.7 Å². The molecule has 1 aliphatic carbocycles. The predicted molar refractivity (Wildman–Crippen MR) is 192 cm³/mol. The summed E-state index contributed by atoms with van der Waals surface area (Å²) in [7, 11) is 0. The molecule has 2 aromatic carbocycles. The zero-order chi connectivity index (χ0) is 33.1. The van der Waals surface area contributed by atoms with Gasteiger partial charge in [-0.15, -0.1) is 0 Å². The van der Waals surface area contributed by atoms with Gasteiger partial charge in [0.15, 0.2) is 5.82 Å². The van der Waals surface area contributed by atoms with Crippen molar-refractivity contribution in [2.24, 2.45) is 5.92 Å². The predicted octanol–water partition coefficient (Wildman–Crippen LogP) is 12.6. The Morgan fingerprint density at radius 2 is 1.30 bits per heavy atom. The maximum atomic E-state index is 15.2. The Balaban J connectivity index is 1.17. The highest BCUT2D eigenvalue weighted by Gasteiger charge is 2.25. The third-order valence-corrected chi connectivity index (χ3v) is 10.1. The van der Waals surface area contributed by atoms with Crippen LogP contribution in [0.1, 0.15) is 170 Å². The van der Waals surface area contributed by atoms with E-state index in [0.29, 0.717) is 11.6 Å². The van der Waals surface area contributed by atoms with Crippen molar-refractivity contribution in [3.8, 4) is 17.1 Å². The number of esters is 1. The number of halogens is 1. The molecule has 0 N–H and O–H groups in total. The number of hydrogen-bond donors (Lipinski definition) is 0. The molecule has 1 saturated carbocycles. The number of rotatable bonds is 21. The van der Waals surface area contributed by atoms with Crippen LogP contribution in [0.4, 0.5) is 4.39 Å². The first-order valence-corrected chi connectivity index (χ1v) is 19.0. The van der Waals surface area contributed by atoms with E-state index >= 15 is 4.39 Å². The van der Waals surface area contributed by atoms with Crippen LogP contribution in [0.25, 0.3) is 11.4 Å². The zero-order valence-electron chi connectivity index (χ0n) is 29.3. The molecule has 1 heterocycles. The molecule has 256 valence electrons. The number of aromatic nitrogens is 2. The molecule has 0 unspecified atom stereocenters. The number of carbonyl (C=O) groups excluding carboxylic acids is 1. The molecule has 4 rings (SSSR count). The Bertz CT molecular complexity index is 1300. The summed E-state index contributed by atoms with van der Waals surface area (Å²) >= 11 is 0. The minimum absolute atomic E-state index is 0.235. The smallest absolute Gasteiger partial charge is 0.343 e. The summed E-state index contributed by atoms with van der Waals surface area (Å²) in [5, 5.41) is 0. The number of unbranched alkanes of at least 4 members (excludes halogenated alkanes) is 13. The quantitative estimate of drug-likeness (QED) is 0.0659. The molecule has 1 fully saturated rings. The van der Waals surface area contributed by atoms with E-state index in [4.69, 9.17) is 4.74 Å². The Hall–Kier alpha value is -3.08. The minimum Gasteiger partial charge on any atom is -0.423 e. The van der Waals surface area contributed by atoms with Crippen LogP contribution >= 0.6 is 0 Å². The Kier molecular flexibility index (Phi) is 16.4. The number of benzene rings is 2. The van der Waals surface area contributed by atoms with Gasteiger partial charge in [0.1, 0.15) is 11.6 Å². The second-order valence-electron chi connectivity index (χ2n) is 13.9. The van der Waals surface area contributed by atoms with Crippen molar-refractivity contribution in [1.82, 2.24) is 9.97 Å². The van der Waals surface area contributed by atoms with Crippen LogP contribution in [-0.2, 0) is 6.42 Å². The summed E-state index contributed by atoms with van der Waals surface area (Å²) in [6.45, 7) is 4.52. The summed E-state index contributed by atoms with van der Waals surface area (Å²) in [6.07, 6.45) is 30.5. The van der Waals surface area contributed by atoms with Crippen molar-refractivity contribution in [3.05, 3.63) is 77.4 Å². The van der Waals surface area contributed by atoms with Crippen LogP contribution in [0.5, 0.6) is 5.75 Å². The van der Waals surface area contributed by atoms with Gasteiger partial charge in [-0.05, 0) is 97.9 Å². The van der Waals surface area contributed by atoms with Gasteiger partial charge in [0.05, 0.1) is 5.56 Å². The lowest BCUT2D eigenvalue weighted by Gasteiger charge is -2.29. The summed E-state index contributed by atoms with van der Waals surface area (Å²) in [6, 6.07) is 12.0. The number of carbonyl (C=O) groups is 1. The molecule has 0 amide bonds. The lowest BCUT2D eigenvalue weighted by Crippen LogP contribution is -2.15. The summed E-state index contributed by atoms with van der Waals surface area (Å²) in [4.78, 5) is 22.0. The molecule has 0 bridgehead atoms. The van der Waals surface area contributed by atoms with Crippen LogP contribution in [0.2, 0.25) is 0 Å². The Labute approximate surface area is 284 Å². The van der Waals surface area contributed by atoms with Crippen molar-refractivity contribution in [2.45, 2.75) is 155 Å². The molecule has 0 atom stereocenters. The Morgan fingerprint density at radius 3 is 1.89 bits per heavy atom. The molecule has 4 nitrogen and oxygen atoms in total. The SMILES string of the molecule is CCCCCCCCCCC1CCC(c2ccc(C(=O)Oc3ccc(-c4ncc(CCCCCCCCC)cn4)cc3)cc2F)CC1. The van der Waals surface area contributed by atoms with Crippen LogP contribution in [0.3, 0.4) is 0 Å². The molecule has 0 aliphatic heterocycles. The Morgan fingerprint density at radius 1 is 0.723 bits per heavy atom. The molecule has 3 aromatic rings. The standard InChI is InChI=1S/C42H59FN2O2/c1-3-5-7-9-11-13-14-16-18-33-20-22-35(23-21-33)39-29-26-37(30-40(39)43)42(46)47-38-27-24-36(25-28-38)41-44-31-34(32-45-41)19-17-15-12-10-8-6-4-2/h24-33,35H,3-23H2,1-2H3. The average molecular weight is 643 g/mol. The van der Waals surface area contributed by atoms with Gasteiger partial charge >= 0.3 is 5.97 Å². The summed E-state index contributed by atoms with van der Waals surface area (Å²) < 4.78 is 20.8. The molecule has 0 radical (unpaired) electrons. The van der Waals surface area contributed by atoms with Gasteiger partial charge in [-0.1, -0.05) is 116 Å². The number of nitrogens with zero attached hydrogens (tertiary/aromatic N) is 2. The lowest BCUT2D eigenvalue weighted by atomic mass is 9.76. The maximum Gasteiger partial charge on any atom is 0.343 e. The van der Waals surface area contributed by atoms with Crippen LogP contribution < -0.4 is 4.74 Å². The van der Waals surface area contributed by atoms with E-state index in [2.05, 4.69) is 23.8 Å². The fraction of sp³-hybridized carbons (Fsp3) is 0.595. The van der Waals surface area contributed by atoms with Crippen molar-refractivity contribution < 1.29 is 13.9 Å². The second kappa shape index (κ2) is 21.0. The normalized spacial score (nSPS) is 16.3. The fourth-order valence-electron chi connectivity index (χ4n) is 7.07. The minimum atomic E-state index is -0.553. The van der Waals surface area contributed by atoms with Gasteiger partial charge in [0.25, 0.3) is 0 Å². The topological polar surface area (TPSA) is 52.1 Å². The van der Waals surface area contributed by atoms with Crippen LogP contribution in [-0.4, -0.2) is 15.9 Å². The van der Waals surface area contributed by atoms with Gasteiger partial charge in [0, 0.05) is 18.0 Å². The van der Waals surface area contributed by atoms with E-state index in [9.17, 15) is 4.79 Å². The fourth-order valence-corrected chi connectivity index (χ4v) is 7.07. The van der Waals surface area contributed by atoms with Crippen molar-refractivity contribution >= 4 is 5.97 Å². The van der Waals surface area contributed by atoms with Gasteiger partial charge < -0.3 is 4.74 Å². The lowest BCUT2D eigenvalue weighted by molar-refractivity contribution is 0.0734. The monoisotopic (exact) mass is 642 g/mol. The van der Waals surface area contributed by atoms with Gasteiger partial charge in [0.2, 0.25) is 0 Å². The first-order chi connectivity index (χ1) is 23.1. The van der Waals surface area contributed by atoms with E-state index in [1.165, 1.54) is 122 Å². The first-order valence-electron chi connectivity index (χ1n) is 19.0. The van der Waals surface area contributed by atoms with E-state index in [1.807, 2.05) is 24.5 Å². The molecule has 0 saturated heterocycles. The van der Waals surface area contributed by atoms with Gasteiger partial charge in [-0.3, -0.25) is 0 Å². The molecule has 1 aromatic heterocycles. The molecule has 1 aliphatic rings. The zero-order valence-corrected chi connectivity index (χ0v) is 29.3. The van der Waals surface area contributed by atoms with Gasteiger partial charge in [-0.2, -0.15) is 0 Å². The number of hydrogen-bond acceptors (Lipinski definition) is 4. The third kappa shape index (κ3) is 12.8. The van der Waals surface area contributed by atoms with Crippen molar-refractivity contribution in [2.75, 3.05) is 0 Å². The molecule has 0 spiro atoms.